The maximum Gasteiger partial charge on any atom is 0.407 e. The van der Waals surface area contributed by atoms with Gasteiger partial charge in [0.2, 0.25) is 5.91 Å². The maximum absolute atomic E-state index is 12.8. The number of carboxylic acid groups (broad SMARTS) is 1. The van der Waals surface area contributed by atoms with E-state index in [0.717, 1.165) is 54.4 Å². The second-order valence-corrected chi connectivity index (χ2v) is 9.78. The lowest BCUT2D eigenvalue weighted by Gasteiger charge is -2.36. The van der Waals surface area contributed by atoms with Crippen LogP contribution in [-0.4, -0.2) is 42.3 Å². The highest BCUT2D eigenvalue weighted by atomic mass is 16.5. The zero-order valence-corrected chi connectivity index (χ0v) is 20.2. The van der Waals surface area contributed by atoms with Crippen molar-refractivity contribution in [3.63, 3.8) is 0 Å². The number of hydrogen-bond donors (Lipinski definition) is 3. The number of carbonyl (C=O) groups excluding carboxylic acids is 2. The van der Waals surface area contributed by atoms with E-state index in [0.29, 0.717) is 13.0 Å². The molecule has 186 valence electrons. The quantitative estimate of drug-likeness (QED) is 0.478. The van der Waals surface area contributed by atoms with Crippen LogP contribution in [0.15, 0.2) is 48.5 Å². The van der Waals surface area contributed by atoms with Crippen molar-refractivity contribution >= 4 is 18.0 Å². The molecule has 7 heteroatoms. The molecule has 1 fully saturated rings. The van der Waals surface area contributed by atoms with E-state index in [1.54, 1.807) is 0 Å². The summed E-state index contributed by atoms with van der Waals surface area (Å²) in [7, 11) is 0. The fraction of sp³-hybridized carbons (Fsp3) is 0.464. The van der Waals surface area contributed by atoms with Gasteiger partial charge in [0.15, 0.2) is 0 Å². The number of ether oxygens (including phenoxy) is 1. The average molecular weight is 479 g/mol. The predicted octanol–water partition coefficient (Wildman–Crippen LogP) is 4.85. The largest absolute Gasteiger partial charge is 0.481 e. The Labute approximate surface area is 206 Å². The normalized spacial score (nSPS) is 17.1. The number of fused-ring (bicyclic) bond motifs is 3. The first-order valence-corrected chi connectivity index (χ1v) is 12.5. The van der Waals surface area contributed by atoms with Crippen LogP contribution in [0.25, 0.3) is 11.1 Å². The molecule has 2 amide bonds. The van der Waals surface area contributed by atoms with Crippen molar-refractivity contribution in [2.75, 3.05) is 13.2 Å². The van der Waals surface area contributed by atoms with Gasteiger partial charge in [-0.15, -0.1) is 0 Å². The third-order valence-corrected chi connectivity index (χ3v) is 7.44. The Morgan fingerprint density at radius 1 is 1.00 bits per heavy atom. The van der Waals surface area contributed by atoms with Crippen molar-refractivity contribution in [2.45, 2.75) is 63.8 Å². The van der Waals surface area contributed by atoms with Gasteiger partial charge >= 0.3 is 12.1 Å². The number of carbonyl (C=O) groups is 3. The second-order valence-electron chi connectivity index (χ2n) is 9.78. The zero-order valence-electron chi connectivity index (χ0n) is 20.2. The van der Waals surface area contributed by atoms with Crippen LogP contribution in [0.4, 0.5) is 4.79 Å². The van der Waals surface area contributed by atoms with Crippen LogP contribution in [0.1, 0.15) is 68.9 Å². The number of benzene rings is 2. The van der Waals surface area contributed by atoms with Crippen LogP contribution >= 0.6 is 0 Å². The highest BCUT2D eigenvalue weighted by molar-refractivity contribution is 5.85. The molecule has 3 N–H and O–H groups in total. The number of carboxylic acids is 1. The monoisotopic (exact) mass is 478 g/mol. The molecule has 1 atom stereocenters. The number of aliphatic carboxylic acids is 1. The fourth-order valence-corrected chi connectivity index (χ4v) is 5.57. The molecule has 2 aromatic carbocycles. The second kappa shape index (κ2) is 10.9. The van der Waals surface area contributed by atoms with Crippen molar-refractivity contribution < 1.29 is 24.2 Å². The van der Waals surface area contributed by atoms with Gasteiger partial charge in [0.1, 0.15) is 12.6 Å². The van der Waals surface area contributed by atoms with Crippen LogP contribution in [0.5, 0.6) is 0 Å². The summed E-state index contributed by atoms with van der Waals surface area (Å²) < 4.78 is 5.58. The molecular formula is C28H34N2O5. The molecule has 2 aliphatic rings. The van der Waals surface area contributed by atoms with Crippen molar-refractivity contribution in [3.05, 3.63) is 59.7 Å². The highest BCUT2D eigenvalue weighted by Crippen LogP contribution is 2.44. The lowest BCUT2D eigenvalue weighted by atomic mass is 9.71. The van der Waals surface area contributed by atoms with E-state index in [9.17, 15) is 19.5 Å². The Hall–Kier alpha value is -3.35. The van der Waals surface area contributed by atoms with Gasteiger partial charge in [-0.05, 0) is 46.9 Å². The summed E-state index contributed by atoms with van der Waals surface area (Å²) in [6.07, 6.45) is 4.43. The minimum atomic E-state index is -0.843. The Bertz CT molecular complexity index is 1030. The van der Waals surface area contributed by atoms with E-state index in [2.05, 4.69) is 34.9 Å². The van der Waals surface area contributed by atoms with Crippen molar-refractivity contribution in [1.29, 1.82) is 0 Å². The third kappa shape index (κ3) is 5.66. The Morgan fingerprint density at radius 2 is 1.60 bits per heavy atom. The minimum Gasteiger partial charge on any atom is -0.481 e. The lowest BCUT2D eigenvalue weighted by Crippen LogP contribution is -2.50. The summed E-state index contributed by atoms with van der Waals surface area (Å²) >= 11 is 0. The molecule has 0 aliphatic heterocycles. The van der Waals surface area contributed by atoms with Gasteiger partial charge < -0.3 is 20.5 Å². The van der Waals surface area contributed by atoms with Gasteiger partial charge in [-0.25, -0.2) is 4.79 Å². The highest BCUT2D eigenvalue weighted by Gasteiger charge is 2.35. The number of rotatable bonds is 9. The molecule has 7 nitrogen and oxygen atoms in total. The van der Waals surface area contributed by atoms with Crippen LogP contribution in [0, 0.1) is 5.41 Å². The summed E-state index contributed by atoms with van der Waals surface area (Å²) in [5.41, 5.74) is 4.15. The van der Waals surface area contributed by atoms with E-state index >= 15 is 0 Å². The van der Waals surface area contributed by atoms with Gasteiger partial charge in [0.05, 0.1) is 6.42 Å². The Balaban J connectivity index is 1.33. The molecule has 1 unspecified atom stereocenters. The minimum absolute atomic E-state index is 0.0455. The third-order valence-electron chi connectivity index (χ3n) is 7.44. The molecule has 0 bridgehead atoms. The topological polar surface area (TPSA) is 105 Å². The van der Waals surface area contributed by atoms with Gasteiger partial charge in [-0.3, -0.25) is 9.59 Å². The standard InChI is InChI=1S/C28H34N2O5/c1-2-24(26(33)29-18-28(16-25(31)32)14-8-3-9-15-28)30-27(34)35-17-23-21-12-6-4-10-19(21)20-11-5-7-13-22(20)23/h4-7,10-13,23-24H,2-3,8-9,14-18H2,1H3,(H,29,33)(H,30,34)(H,31,32). The lowest BCUT2D eigenvalue weighted by molar-refractivity contribution is -0.140. The fourth-order valence-electron chi connectivity index (χ4n) is 5.57. The summed E-state index contributed by atoms with van der Waals surface area (Å²) in [4.78, 5) is 36.9. The molecular weight excluding hydrogens is 444 g/mol. The number of nitrogens with one attached hydrogen (secondary N) is 2. The maximum atomic E-state index is 12.8. The van der Waals surface area contributed by atoms with Gasteiger partial charge in [-0.2, -0.15) is 0 Å². The molecule has 2 aliphatic carbocycles. The van der Waals surface area contributed by atoms with E-state index < -0.39 is 23.5 Å². The number of amides is 2. The van der Waals surface area contributed by atoms with Crippen LogP contribution in [-0.2, 0) is 14.3 Å². The van der Waals surface area contributed by atoms with Crippen molar-refractivity contribution in [3.8, 4) is 11.1 Å². The Kier molecular flexibility index (Phi) is 7.73. The molecule has 2 aromatic rings. The van der Waals surface area contributed by atoms with Gasteiger partial charge in [0, 0.05) is 12.5 Å². The van der Waals surface area contributed by atoms with Gasteiger partial charge in [-0.1, -0.05) is 74.7 Å². The van der Waals surface area contributed by atoms with E-state index in [1.165, 1.54) is 0 Å². The summed E-state index contributed by atoms with van der Waals surface area (Å²) in [5.74, 6) is -1.20. The predicted molar refractivity (Wildman–Crippen MR) is 133 cm³/mol. The summed E-state index contributed by atoms with van der Waals surface area (Å²) in [5, 5.41) is 15.0. The molecule has 0 spiro atoms. The van der Waals surface area contributed by atoms with E-state index in [4.69, 9.17) is 4.74 Å². The average Bonchev–Trinajstić information content (AvgIpc) is 3.18. The van der Waals surface area contributed by atoms with Gasteiger partial charge in [0.25, 0.3) is 0 Å². The molecule has 0 radical (unpaired) electrons. The van der Waals surface area contributed by atoms with E-state index in [-0.39, 0.29) is 24.9 Å². The molecule has 0 heterocycles. The smallest absolute Gasteiger partial charge is 0.407 e. The van der Waals surface area contributed by atoms with Crippen LogP contribution in [0.3, 0.4) is 0 Å². The molecule has 4 rings (SSSR count). The molecule has 0 aromatic heterocycles. The van der Waals surface area contributed by atoms with Crippen molar-refractivity contribution in [2.24, 2.45) is 5.41 Å². The first kappa shape index (κ1) is 24.8. The summed E-state index contributed by atoms with van der Waals surface area (Å²) in [6.45, 7) is 2.31. The first-order valence-electron chi connectivity index (χ1n) is 12.5. The zero-order chi connectivity index (χ0) is 24.8. The SMILES string of the molecule is CCC(NC(=O)OCC1c2ccccc2-c2ccccc21)C(=O)NCC1(CC(=O)O)CCCCC1. The molecule has 35 heavy (non-hydrogen) atoms. The first-order chi connectivity index (χ1) is 16.9. The Morgan fingerprint density at radius 3 is 2.17 bits per heavy atom. The summed E-state index contributed by atoms with van der Waals surface area (Å²) in [6, 6.07) is 15.5. The van der Waals surface area contributed by atoms with Crippen LogP contribution in [0.2, 0.25) is 0 Å². The van der Waals surface area contributed by atoms with E-state index in [1.807, 2.05) is 31.2 Å². The number of hydrogen-bond acceptors (Lipinski definition) is 4. The molecule has 1 saturated carbocycles. The van der Waals surface area contributed by atoms with Crippen LogP contribution < -0.4 is 10.6 Å². The number of alkyl carbamates (subject to hydrolysis) is 1. The van der Waals surface area contributed by atoms with Crippen molar-refractivity contribution in [1.82, 2.24) is 10.6 Å². The molecule has 0 saturated heterocycles.